The van der Waals surface area contributed by atoms with Crippen molar-refractivity contribution < 1.29 is 19.4 Å². The minimum atomic E-state index is -0.847. The summed E-state index contributed by atoms with van der Waals surface area (Å²) in [6.07, 6.45) is 1.61. The SMILES string of the molecule is O=C(O)CCOC1CCN(C(=O)c2sccc2Br)CC1. The summed E-state index contributed by atoms with van der Waals surface area (Å²) in [6, 6.07) is 1.87. The molecule has 1 saturated heterocycles. The minimum Gasteiger partial charge on any atom is -0.481 e. The van der Waals surface area contributed by atoms with Gasteiger partial charge in [0.15, 0.2) is 0 Å². The number of carboxylic acids is 1. The predicted molar refractivity (Wildman–Crippen MR) is 79.1 cm³/mol. The number of carbonyl (C=O) groups excluding carboxylic acids is 1. The van der Waals surface area contributed by atoms with Crippen LogP contribution in [0.4, 0.5) is 0 Å². The van der Waals surface area contributed by atoms with Gasteiger partial charge in [0.25, 0.3) is 5.91 Å². The molecule has 7 heteroatoms. The zero-order chi connectivity index (χ0) is 14.5. The first-order chi connectivity index (χ1) is 9.58. The number of hydrogen-bond donors (Lipinski definition) is 1. The number of rotatable bonds is 5. The second-order valence-electron chi connectivity index (χ2n) is 4.60. The van der Waals surface area contributed by atoms with E-state index in [0.29, 0.717) is 13.1 Å². The molecule has 2 heterocycles. The van der Waals surface area contributed by atoms with Crippen molar-refractivity contribution in [3.05, 3.63) is 20.8 Å². The highest BCUT2D eigenvalue weighted by molar-refractivity contribution is 9.10. The van der Waals surface area contributed by atoms with E-state index in [9.17, 15) is 9.59 Å². The summed E-state index contributed by atoms with van der Waals surface area (Å²) in [6.45, 7) is 1.55. The van der Waals surface area contributed by atoms with E-state index in [1.54, 1.807) is 0 Å². The maximum atomic E-state index is 12.3. The first-order valence-corrected chi connectivity index (χ1v) is 8.11. The van der Waals surface area contributed by atoms with Crippen LogP contribution < -0.4 is 0 Å². The molecule has 1 amide bonds. The van der Waals surface area contributed by atoms with Crippen molar-refractivity contribution in [2.45, 2.75) is 25.4 Å². The molecule has 20 heavy (non-hydrogen) atoms. The monoisotopic (exact) mass is 361 g/mol. The van der Waals surface area contributed by atoms with Crippen molar-refractivity contribution in [1.82, 2.24) is 4.90 Å². The van der Waals surface area contributed by atoms with E-state index < -0.39 is 5.97 Å². The number of carboxylic acid groups (broad SMARTS) is 1. The third-order valence-corrected chi connectivity index (χ3v) is 5.04. The lowest BCUT2D eigenvalue weighted by Crippen LogP contribution is -2.40. The molecule has 0 spiro atoms. The van der Waals surface area contributed by atoms with Crippen LogP contribution in [0.2, 0.25) is 0 Å². The highest BCUT2D eigenvalue weighted by Crippen LogP contribution is 2.25. The molecule has 1 aliphatic heterocycles. The van der Waals surface area contributed by atoms with E-state index in [0.717, 1.165) is 22.2 Å². The van der Waals surface area contributed by atoms with E-state index >= 15 is 0 Å². The van der Waals surface area contributed by atoms with Gasteiger partial charge in [0.1, 0.15) is 4.88 Å². The van der Waals surface area contributed by atoms with Gasteiger partial charge in [0.2, 0.25) is 0 Å². The van der Waals surface area contributed by atoms with Crippen molar-refractivity contribution in [3.8, 4) is 0 Å². The van der Waals surface area contributed by atoms with Gasteiger partial charge in [-0.05, 0) is 40.2 Å². The standard InChI is InChI=1S/C13H16BrNO4S/c14-10-4-8-20-12(10)13(18)15-5-1-9(2-6-15)19-7-3-11(16)17/h4,8-9H,1-3,5-7H2,(H,16,17). The van der Waals surface area contributed by atoms with Crippen LogP contribution in [0.15, 0.2) is 15.9 Å². The Kier molecular flexibility index (Phi) is 5.56. The summed E-state index contributed by atoms with van der Waals surface area (Å²) in [5.74, 6) is -0.795. The van der Waals surface area contributed by atoms with Crippen molar-refractivity contribution in [2.24, 2.45) is 0 Å². The summed E-state index contributed by atoms with van der Waals surface area (Å²) in [5.41, 5.74) is 0. The number of likely N-dealkylation sites (tertiary alicyclic amines) is 1. The Balaban J connectivity index is 1.78. The topological polar surface area (TPSA) is 66.8 Å². The molecule has 5 nitrogen and oxygen atoms in total. The van der Waals surface area contributed by atoms with Gasteiger partial charge >= 0.3 is 5.97 Å². The number of carbonyl (C=O) groups is 2. The first kappa shape index (κ1) is 15.5. The van der Waals surface area contributed by atoms with Gasteiger partial charge in [-0.15, -0.1) is 11.3 Å². The summed E-state index contributed by atoms with van der Waals surface area (Å²) < 4.78 is 6.35. The zero-order valence-electron chi connectivity index (χ0n) is 10.9. The maximum Gasteiger partial charge on any atom is 0.305 e. The van der Waals surface area contributed by atoms with Crippen molar-refractivity contribution in [3.63, 3.8) is 0 Å². The lowest BCUT2D eigenvalue weighted by Gasteiger charge is -2.31. The Bertz CT molecular complexity index is 482. The third-order valence-electron chi connectivity index (χ3n) is 3.21. The van der Waals surface area contributed by atoms with Gasteiger partial charge in [-0.1, -0.05) is 0 Å². The van der Waals surface area contributed by atoms with Crippen LogP contribution in [-0.4, -0.2) is 47.7 Å². The lowest BCUT2D eigenvalue weighted by atomic mass is 10.1. The molecule has 0 unspecified atom stereocenters. The highest BCUT2D eigenvalue weighted by Gasteiger charge is 2.25. The molecule has 1 aromatic heterocycles. The molecule has 0 bridgehead atoms. The number of piperidine rings is 1. The lowest BCUT2D eigenvalue weighted by molar-refractivity contribution is -0.138. The van der Waals surface area contributed by atoms with Gasteiger partial charge in [-0.25, -0.2) is 0 Å². The Labute approximate surface area is 129 Å². The second kappa shape index (κ2) is 7.19. The molecule has 0 aliphatic carbocycles. The largest absolute Gasteiger partial charge is 0.481 e. The summed E-state index contributed by atoms with van der Waals surface area (Å²) in [5, 5.41) is 10.4. The number of amides is 1. The third kappa shape index (κ3) is 4.04. The van der Waals surface area contributed by atoms with Gasteiger partial charge < -0.3 is 14.7 Å². The summed E-state index contributed by atoms with van der Waals surface area (Å²) in [4.78, 5) is 25.2. The smallest absolute Gasteiger partial charge is 0.305 e. The molecule has 0 atom stereocenters. The summed E-state index contributed by atoms with van der Waals surface area (Å²) in [7, 11) is 0. The van der Waals surface area contributed by atoms with E-state index in [1.165, 1.54) is 11.3 Å². The Morgan fingerprint density at radius 3 is 2.70 bits per heavy atom. The zero-order valence-corrected chi connectivity index (χ0v) is 13.3. The highest BCUT2D eigenvalue weighted by atomic mass is 79.9. The normalized spacial score (nSPS) is 16.4. The van der Waals surface area contributed by atoms with Crippen LogP contribution in [-0.2, 0) is 9.53 Å². The first-order valence-electron chi connectivity index (χ1n) is 6.43. The fourth-order valence-electron chi connectivity index (χ4n) is 2.13. The molecule has 0 saturated carbocycles. The van der Waals surface area contributed by atoms with Crippen LogP contribution in [0.5, 0.6) is 0 Å². The number of thiophene rings is 1. The molecule has 0 aromatic carbocycles. The molecule has 1 aliphatic rings. The van der Waals surface area contributed by atoms with Gasteiger partial charge in [0, 0.05) is 17.6 Å². The molecule has 2 rings (SSSR count). The van der Waals surface area contributed by atoms with Crippen molar-refractivity contribution in [2.75, 3.05) is 19.7 Å². The van der Waals surface area contributed by atoms with Crippen molar-refractivity contribution in [1.29, 1.82) is 0 Å². The fraction of sp³-hybridized carbons (Fsp3) is 0.538. The Morgan fingerprint density at radius 1 is 1.45 bits per heavy atom. The molecule has 1 N–H and O–H groups in total. The summed E-state index contributed by atoms with van der Waals surface area (Å²) >= 11 is 4.81. The second-order valence-corrected chi connectivity index (χ2v) is 6.37. The van der Waals surface area contributed by atoms with Gasteiger partial charge in [0.05, 0.1) is 19.1 Å². The van der Waals surface area contributed by atoms with Crippen molar-refractivity contribution >= 4 is 39.1 Å². The molecule has 110 valence electrons. The molecule has 0 radical (unpaired) electrons. The molecular weight excluding hydrogens is 346 g/mol. The number of halogens is 1. The number of nitrogens with zero attached hydrogens (tertiary/aromatic N) is 1. The van der Waals surface area contributed by atoms with Gasteiger partial charge in [-0.3, -0.25) is 9.59 Å². The van der Waals surface area contributed by atoms with Gasteiger partial charge in [-0.2, -0.15) is 0 Å². The van der Waals surface area contributed by atoms with E-state index in [2.05, 4.69) is 15.9 Å². The Morgan fingerprint density at radius 2 is 2.15 bits per heavy atom. The van der Waals surface area contributed by atoms with E-state index in [1.807, 2.05) is 16.3 Å². The number of aliphatic carboxylic acids is 1. The van der Waals surface area contributed by atoms with Crippen LogP contribution in [0.1, 0.15) is 28.9 Å². The fourth-order valence-corrected chi connectivity index (χ4v) is 3.64. The van der Waals surface area contributed by atoms with E-state index in [-0.39, 0.29) is 25.0 Å². The predicted octanol–water partition coefficient (Wildman–Crippen LogP) is 2.61. The number of hydrogen-bond acceptors (Lipinski definition) is 4. The van der Waals surface area contributed by atoms with Crippen LogP contribution in [0.3, 0.4) is 0 Å². The molecule has 1 aromatic rings. The Hall–Kier alpha value is -0.920. The quantitative estimate of drug-likeness (QED) is 0.875. The number of ether oxygens (including phenoxy) is 1. The van der Waals surface area contributed by atoms with Crippen LogP contribution >= 0.6 is 27.3 Å². The van der Waals surface area contributed by atoms with E-state index in [4.69, 9.17) is 9.84 Å². The maximum absolute atomic E-state index is 12.3. The van der Waals surface area contributed by atoms with Crippen LogP contribution in [0.25, 0.3) is 0 Å². The average Bonchev–Trinajstić information content (AvgIpc) is 2.84. The van der Waals surface area contributed by atoms with Crippen LogP contribution in [0, 0.1) is 0 Å². The molecule has 1 fully saturated rings. The average molecular weight is 362 g/mol. The molecular formula is C13H16BrNO4S. The minimum absolute atomic E-state index is 0.0291.